The van der Waals surface area contributed by atoms with E-state index in [1.807, 2.05) is 6.26 Å². The van der Waals surface area contributed by atoms with E-state index in [1.165, 1.54) is 24.8 Å². The van der Waals surface area contributed by atoms with Crippen molar-refractivity contribution in [1.29, 1.82) is 0 Å². The van der Waals surface area contributed by atoms with Crippen LogP contribution in [0.25, 0.3) is 0 Å². The summed E-state index contributed by atoms with van der Waals surface area (Å²) >= 11 is 0. The number of hydrogen-bond donors (Lipinski definition) is 0. The molecule has 1 aliphatic heterocycles. The van der Waals surface area contributed by atoms with Crippen molar-refractivity contribution in [1.82, 2.24) is 0 Å². The summed E-state index contributed by atoms with van der Waals surface area (Å²) in [6.45, 7) is 3.15. The number of allylic oxidation sites excluding steroid dienone is 2. The molecule has 0 saturated heterocycles. The summed E-state index contributed by atoms with van der Waals surface area (Å²) < 4.78 is 5.25. The van der Waals surface area contributed by atoms with Crippen LogP contribution in [0.1, 0.15) is 26.2 Å². The zero-order valence-corrected chi connectivity index (χ0v) is 6.97. The van der Waals surface area contributed by atoms with Crippen LogP contribution in [0, 0.1) is 5.92 Å². The monoisotopic (exact) mass is 150 g/mol. The zero-order chi connectivity index (χ0) is 7.68. The highest BCUT2D eigenvalue weighted by Gasteiger charge is 2.19. The van der Waals surface area contributed by atoms with Crippen LogP contribution in [-0.4, -0.2) is 6.61 Å². The van der Waals surface area contributed by atoms with Crippen molar-refractivity contribution >= 4 is 0 Å². The average molecular weight is 150 g/mol. The van der Waals surface area contributed by atoms with E-state index in [9.17, 15) is 0 Å². The van der Waals surface area contributed by atoms with Gasteiger partial charge < -0.3 is 4.74 Å². The lowest BCUT2D eigenvalue weighted by molar-refractivity contribution is 0.262. The standard InChI is InChI=1S/C10H14O/c1-8-3-2-4-9-7-11-6-5-10(8)9/h5-6,8H,2-4,7H2,1H3. The van der Waals surface area contributed by atoms with Gasteiger partial charge in [-0.25, -0.2) is 0 Å². The molecular formula is C10H14O. The summed E-state index contributed by atoms with van der Waals surface area (Å²) in [6.07, 6.45) is 7.92. The first-order valence-corrected chi connectivity index (χ1v) is 4.38. The van der Waals surface area contributed by atoms with E-state index in [4.69, 9.17) is 4.74 Å². The van der Waals surface area contributed by atoms with Gasteiger partial charge in [0, 0.05) is 0 Å². The SMILES string of the molecule is CC1CCCC2=C1C=COC2. The summed E-state index contributed by atoms with van der Waals surface area (Å²) in [5, 5.41) is 0. The molecule has 2 aliphatic rings. The predicted octanol–water partition coefficient (Wildman–Crippen LogP) is 2.65. The van der Waals surface area contributed by atoms with Crippen molar-refractivity contribution in [3.8, 4) is 0 Å². The van der Waals surface area contributed by atoms with Gasteiger partial charge in [-0.2, -0.15) is 0 Å². The van der Waals surface area contributed by atoms with Crippen LogP contribution in [0.2, 0.25) is 0 Å². The average Bonchev–Trinajstić information content (AvgIpc) is 2.06. The van der Waals surface area contributed by atoms with Gasteiger partial charge in [0.25, 0.3) is 0 Å². The maximum atomic E-state index is 5.25. The third-order valence-electron chi connectivity index (χ3n) is 2.66. The van der Waals surface area contributed by atoms with Gasteiger partial charge in [-0.15, -0.1) is 0 Å². The van der Waals surface area contributed by atoms with E-state index in [-0.39, 0.29) is 0 Å². The molecule has 11 heavy (non-hydrogen) atoms. The number of ether oxygens (including phenoxy) is 1. The van der Waals surface area contributed by atoms with Gasteiger partial charge in [0.15, 0.2) is 0 Å². The molecule has 0 spiro atoms. The van der Waals surface area contributed by atoms with Gasteiger partial charge in [0.1, 0.15) is 6.61 Å². The Morgan fingerprint density at radius 3 is 3.27 bits per heavy atom. The molecule has 2 rings (SSSR count). The molecule has 0 aromatic rings. The Bertz CT molecular complexity index is 213. The quantitative estimate of drug-likeness (QED) is 0.516. The molecule has 1 unspecified atom stereocenters. The molecule has 1 aliphatic carbocycles. The minimum atomic E-state index is 0.763. The fraction of sp³-hybridized carbons (Fsp3) is 0.600. The topological polar surface area (TPSA) is 9.23 Å². The highest BCUT2D eigenvalue weighted by atomic mass is 16.5. The van der Waals surface area contributed by atoms with E-state index in [1.54, 1.807) is 5.57 Å². The van der Waals surface area contributed by atoms with E-state index in [2.05, 4.69) is 13.0 Å². The molecule has 0 aromatic heterocycles. The first-order valence-electron chi connectivity index (χ1n) is 4.38. The smallest absolute Gasteiger partial charge is 0.109 e. The minimum absolute atomic E-state index is 0.763. The molecule has 1 atom stereocenters. The molecule has 0 amide bonds. The van der Waals surface area contributed by atoms with Crippen molar-refractivity contribution < 1.29 is 4.74 Å². The predicted molar refractivity (Wildman–Crippen MR) is 45.1 cm³/mol. The van der Waals surface area contributed by atoms with Crippen molar-refractivity contribution in [2.45, 2.75) is 26.2 Å². The van der Waals surface area contributed by atoms with Gasteiger partial charge in [-0.3, -0.25) is 0 Å². The molecule has 1 heterocycles. The first kappa shape index (κ1) is 6.96. The summed E-state index contributed by atoms with van der Waals surface area (Å²) in [5.74, 6) is 0.763. The second-order valence-electron chi connectivity index (χ2n) is 3.47. The Morgan fingerprint density at radius 1 is 1.55 bits per heavy atom. The molecule has 0 aromatic carbocycles. The Balaban J connectivity index is 2.28. The molecule has 0 radical (unpaired) electrons. The molecule has 0 fully saturated rings. The molecule has 60 valence electrons. The lowest BCUT2D eigenvalue weighted by Crippen LogP contribution is -2.13. The normalized spacial score (nSPS) is 29.7. The highest BCUT2D eigenvalue weighted by molar-refractivity contribution is 5.31. The summed E-state index contributed by atoms with van der Waals surface area (Å²) in [4.78, 5) is 0. The second kappa shape index (κ2) is 2.72. The van der Waals surface area contributed by atoms with Crippen LogP contribution in [0.3, 0.4) is 0 Å². The Kier molecular flexibility index (Phi) is 1.72. The summed E-state index contributed by atoms with van der Waals surface area (Å²) in [5.41, 5.74) is 3.08. The Hall–Kier alpha value is -0.720. The fourth-order valence-corrected chi connectivity index (χ4v) is 1.98. The van der Waals surface area contributed by atoms with Gasteiger partial charge in [0.2, 0.25) is 0 Å². The van der Waals surface area contributed by atoms with Crippen molar-refractivity contribution in [2.24, 2.45) is 5.92 Å². The lowest BCUT2D eigenvalue weighted by Gasteiger charge is -2.26. The Morgan fingerprint density at radius 2 is 2.45 bits per heavy atom. The van der Waals surface area contributed by atoms with E-state index in [0.717, 1.165) is 12.5 Å². The van der Waals surface area contributed by atoms with E-state index in [0.29, 0.717) is 0 Å². The van der Waals surface area contributed by atoms with Gasteiger partial charge in [0.05, 0.1) is 6.26 Å². The molecule has 0 saturated carbocycles. The molecule has 1 nitrogen and oxygen atoms in total. The van der Waals surface area contributed by atoms with Crippen LogP contribution >= 0.6 is 0 Å². The van der Waals surface area contributed by atoms with Crippen LogP contribution in [0.15, 0.2) is 23.5 Å². The maximum Gasteiger partial charge on any atom is 0.109 e. The van der Waals surface area contributed by atoms with E-state index < -0.39 is 0 Å². The zero-order valence-electron chi connectivity index (χ0n) is 6.97. The Labute approximate surface area is 67.7 Å². The van der Waals surface area contributed by atoms with Crippen LogP contribution < -0.4 is 0 Å². The largest absolute Gasteiger partial charge is 0.497 e. The van der Waals surface area contributed by atoms with Crippen molar-refractivity contribution in [3.63, 3.8) is 0 Å². The summed E-state index contributed by atoms with van der Waals surface area (Å²) in [6, 6.07) is 0. The van der Waals surface area contributed by atoms with Gasteiger partial charge in [-0.05, 0) is 42.4 Å². The third-order valence-corrected chi connectivity index (χ3v) is 2.66. The fourth-order valence-electron chi connectivity index (χ4n) is 1.98. The van der Waals surface area contributed by atoms with Crippen LogP contribution in [-0.2, 0) is 4.74 Å². The summed E-state index contributed by atoms with van der Waals surface area (Å²) in [7, 11) is 0. The van der Waals surface area contributed by atoms with Crippen LogP contribution in [0.5, 0.6) is 0 Å². The molecular weight excluding hydrogens is 136 g/mol. The van der Waals surface area contributed by atoms with Gasteiger partial charge >= 0.3 is 0 Å². The number of hydrogen-bond acceptors (Lipinski definition) is 1. The lowest BCUT2D eigenvalue weighted by atomic mass is 9.83. The highest BCUT2D eigenvalue weighted by Crippen LogP contribution is 2.32. The second-order valence-corrected chi connectivity index (χ2v) is 3.47. The molecule has 1 heteroatoms. The van der Waals surface area contributed by atoms with Gasteiger partial charge in [-0.1, -0.05) is 6.92 Å². The molecule has 0 bridgehead atoms. The van der Waals surface area contributed by atoms with Crippen molar-refractivity contribution in [2.75, 3.05) is 6.61 Å². The van der Waals surface area contributed by atoms with E-state index >= 15 is 0 Å². The van der Waals surface area contributed by atoms with Crippen LogP contribution in [0.4, 0.5) is 0 Å². The van der Waals surface area contributed by atoms with Crippen molar-refractivity contribution in [3.05, 3.63) is 23.5 Å². The third kappa shape index (κ3) is 1.20. The molecule has 0 N–H and O–H groups in total. The first-order chi connectivity index (χ1) is 5.38. The minimum Gasteiger partial charge on any atom is -0.497 e. The maximum absolute atomic E-state index is 5.25. The number of rotatable bonds is 0.